The number of hydrogen-bond acceptors (Lipinski definition) is 6. The van der Waals surface area contributed by atoms with E-state index in [4.69, 9.17) is 10.7 Å². The van der Waals surface area contributed by atoms with Crippen molar-refractivity contribution in [1.29, 1.82) is 0 Å². The van der Waals surface area contributed by atoms with Gasteiger partial charge in [0, 0.05) is 61.6 Å². The van der Waals surface area contributed by atoms with Gasteiger partial charge in [-0.15, -0.1) is 0 Å². The summed E-state index contributed by atoms with van der Waals surface area (Å²) in [4.78, 5) is 14.8. The maximum Gasteiger partial charge on any atom is 0.157 e. The van der Waals surface area contributed by atoms with Gasteiger partial charge in [-0.3, -0.25) is 4.68 Å². The Morgan fingerprint density at radius 1 is 1.32 bits per heavy atom. The molecule has 0 aliphatic rings. The van der Waals surface area contributed by atoms with E-state index in [0.29, 0.717) is 26.1 Å². The van der Waals surface area contributed by atoms with E-state index in [2.05, 4.69) is 26.0 Å². The molecule has 0 radical (unpaired) electrons. The Balaban J connectivity index is 1.81. The minimum absolute atomic E-state index is 0.153. The molecule has 0 saturated carbocycles. The summed E-state index contributed by atoms with van der Waals surface area (Å²) in [5.41, 5.74) is 8.70. The normalized spacial score (nSPS) is 13.9. The molecular formula is C23H31N7O. The number of pyridine rings is 2. The highest BCUT2D eigenvalue weighted by Gasteiger charge is 2.27. The summed E-state index contributed by atoms with van der Waals surface area (Å²) in [6.45, 7) is 7.71. The largest absolute Gasteiger partial charge is 0.390 e. The third-order valence-electron chi connectivity index (χ3n) is 6.14. The number of nitrogens with zero attached hydrogens (tertiary/aromatic N) is 5. The Kier molecular flexibility index (Phi) is 5.68. The SMILES string of the molecule is CC(C)[C@@](C)(O)CCN(CCN)c1nc(-c2c[nH]c3ncccc23)cc2cn(C)nc12. The van der Waals surface area contributed by atoms with Crippen LogP contribution in [0.15, 0.2) is 36.8 Å². The second kappa shape index (κ2) is 8.28. The van der Waals surface area contributed by atoms with E-state index in [1.807, 2.05) is 52.3 Å². The predicted molar refractivity (Wildman–Crippen MR) is 125 cm³/mol. The van der Waals surface area contributed by atoms with E-state index in [9.17, 15) is 5.11 Å². The summed E-state index contributed by atoms with van der Waals surface area (Å²) < 4.78 is 1.81. The molecule has 8 heteroatoms. The first-order valence-electron chi connectivity index (χ1n) is 10.7. The van der Waals surface area contributed by atoms with E-state index in [-0.39, 0.29) is 5.92 Å². The van der Waals surface area contributed by atoms with Crippen LogP contribution in [0.3, 0.4) is 0 Å². The first-order valence-corrected chi connectivity index (χ1v) is 10.7. The van der Waals surface area contributed by atoms with Gasteiger partial charge in [-0.05, 0) is 37.5 Å². The molecule has 0 unspecified atom stereocenters. The second-order valence-electron chi connectivity index (χ2n) is 8.71. The number of aryl methyl sites for hydroxylation is 1. The number of H-pyrrole nitrogens is 1. The molecule has 164 valence electrons. The highest BCUT2D eigenvalue weighted by Crippen LogP contribution is 2.33. The molecule has 8 nitrogen and oxygen atoms in total. The van der Waals surface area contributed by atoms with Crippen molar-refractivity contribution in [2.24, 2.45) is 18.7 Å². The van der Waals surface area contributed by atoms with Crippen LogP contribution in [0.4, 0.5) is 5.82 Å². The van der Waals surface area contributed by atoms with Crippen LogP contribution < -0.4 is 10.6 Å². The maximum atomic E-state index is 10.8. The molecule has 0 saturated heterocycles. The van der Waals surface area contributed by atoms with Crippen molar-refractivity contribution in [3.8, 4) is 11.3 Å². The van der Waals surface area contributed by atoms with Gasteiger partial charge in [0.15, 0.2) is 5.82 Å². The Labute approximate surface area is 182 Å². The molecule has 0 aliphatic carbocycles. The number of aromatic nitrogens is 5. The lowest BCUT2D eigenvalue weighted by Gasteiger charge is -2.32. The van der Waals surface area contributed by atoms with Crippen molar-refractivity contribution in [1.82, 2.24) is 24.7 Å². The first kappa shape index (κ1) is 21.3. The van der Waals surface area contributed by atoms with E-state index in [1.54, 1.807) is 10.9 Å². The van der Waals surface area contributed by atoms with Crippen LogP contribution in [0.2, 0.25) is 0 Å². The second-order valence-corrected chi connectivity index (χ2v) is 8.71. The fraction of sp³-hybridized carbons (Fsp3) is 0.435. The minimum atomic E-state index is -0.768. The van der Waals surface area contributed by atoms with E-state index in [0.717, 1.165) is 39.0 Å². The third-order valence-corrected chi connectivity index (χ3v) is 6.14. The molecule has 4 rings (SSSR count). The van der Waals surface area contributed by atoms with Gasteiger partial charge in [-0.1, -0.05) is 13.8 Å². The highest BCUT2D eigenvalue weighted by molar-refractivity contribution is 5.97. The van der Waals surface area contributed by atoms with Gasteiger partial charge < -0.3 is 20.7 Å². The average Bonchev–Trinajstić information content (AvgIpc) is 3.33. The zero-order chi connectivity index (χ0) is 22.2. The minimum Gasteiger partial charge on any atom is -0.390 e. The van der Waals surface area contributed by atoms with Crippen LogP contribution in [-0.4, -0.2) is 55.1 Å². The molecule has 31 heavy (non-hydrogen) atoms. The molecule has 4 aromatic heterocycles. The first-order chi connectivity index (χ1) is 14.8. The number of aromatic amines is 1. The molecule has 0 aromatic carbocycles. The summed E-state index contributed by atoms with van der Waals surface area (Å²) in [6, 6.07) is 6.03. The smallest absolute Gasteiger partial charge is 0.157 e. The number of anilines is 1. The van der Waals surface area contributed by atoms with Crippen LogP contribution in [0.25, 0.3) is 33.2 Å². The zero-order valence-corrected chi connectivity index (χ0v) is 18.6. The quantitative estimate of drug-likeness (QED) is 0.403. The van der Waals surface area contributed by atoms with Crippen molar-refractivity contribution in [2.45, 2.75) is 32.8 Å². The van der Waals surface area contributed by atoms with Crippen molar-refractivity contribution in [3.05, 3.63) is 36.8 Å². The molecule has 4 aromatic rings. The van der Waals surface area contributed by atoms with Gasteiger partial charge in [0.1, 0.15) is 11.2 Å². The molecule has 0 bridgehead atoms. The summed E-state index contributed by atoms with van der Waals surface area (Å²) in [5, 5.41) is 17.5. The Bertz CT molecular complexity index is 1190. The Morgan fingerprint density at radius 2 is 2.13 bits per heavy atom. The van der Waals surface area contributed by atoms with Crippen molar-refractivity contribution >= 4 is 27.8 Å². The van der Waals surface area contributed by atoms with E-state index < -0.39 is 5.60 Å². The van der Waals surface area contributed by atoms with Crippen LogP contribution in [0.1, 0.15) is 27.2 Å². The molecule has 0 fully saturated rings. The van der Waals surface area contributed by atoms with E-state index >= 15 is 0 Å². The van der Waals surface area contributed by atoms with Gasteiger partial charge >= 0.3 is 0 Å². The molecular weight excluding hydrogens is 390 g/mol. The summed E-state index contributed by atoms with van der Waals surface area (Å²) in [7, 11) is 1.91. The summed E-state index contributed by atoms with van der Waals surface area (Å²) in [5.74, 6) is 0.941. The molecule has 1 atom stereocenters. The average molecular weight is 422 g/mol. The summed E-state index contributed by atoms with van der Waals surface area (Å²) in [6.07, 6.45) is 6.34. The lowest BCUT2D eigenvalue weighted by Crippen LogP contribution is -2.39. The monoisotopic (exact) mass is 421 g/mol. The van der Waals surface area contributed by atoms with Crippen molar-refractivity contribution < 1.29 is 5.11 Å². The highest BCUT2D eigenvalue weighted by atomic mass is 16.3. The fourth-order valence-corrected chi connectivity index (χ4v) is 3.79. The summed E-state index contributed by atoms with van der Waals surface area (Å²) >= 11 is 0. The van der Waals surface area contributed by atoms with Crippen molar-refractivity contribution in [3.63, 3.8) is 0 Å². The lowest BCUT2D eigenvalue weighted by molar-refractivity contribution is 0.00731. The number of rotatable bonds is 8. The number of nitrogens with one attached hydrogen (secondary N) is 1. The van der Waals surface area contributed by atoms with Gasteiger partial charge in [-0.25, -0.2) is 9.97 Å². The third kappa shape index (κ3) is 4.13. The van der Waals surface area contributed by atoms with Gasteiger partial charge in [0.2, 0.25) is 0 Å². The zero-order valence-electron chi connectivity index (χ0n) is 18.6. The Hall–Kier alpha value is -2.97. The van der Waals surface area contributed by atoms with Crippen LogP contribution >= 0.6 is 0 Å². The maximum absolute atomic E-state index is 10.8. The number of aliphatic hydroxyl groups is 1. The lowest BCUT2D eigenvalue weighted by atomic mass is 9.89. The fourth-order valence-electron chi connectivity index (χ4n) is 3.79. The predicted octanol–water partition coefficient (Wildman–Crippen LogP) is 3.07. The molecule has 0 spiro atoms. The van der Waals surface area contributed by atoms with Crippen LogP contribution in [0, 0.1) is 5.92 Å². The number of nitrogens with two attached hydrogens (primary N) is 1. The molecule has 4 heterocycles. The number of hydrogen-bond donors (Lipinski definition) is 3. The van der Waals surface area contributed by atoms with Crippen LogP contribution in [-0.2, 0) is 7.05 Å². The molecule has 0 amide bonds. The van der Waals surface area contributed by atoms with E-state index in [1.165, 1.54) is 0 Å². The topological polar surface area (TPSA) is 109 Å². The van der Waals surface area contributed by atoms with Crippen molar-refractivity contribution in [2.75, 3.05) is 24.5 Å². The molecule has 0 aliphatic heterocycles. The Morgan fingerprint density at radius 3 is 2.87 bits per heavy atom. The van der Waals surface area contributed by atoms with Crippen LogP contribution in [0.5, 0.6) is 0 Å². The van der Waals surface area contributed by atoms with Gasteiger partial charge in [-0.2, -0.15) is 5.10 Å². The number of fused-ring (bicyclic) bond motifs is 2. The van der Waals surface area contributed by atoms with Gasteiger partial charge in [0.25, 0.3) is 0 Å². The van der Waals surface area contributed by atoms with Gasteiger partial charge in [0.05, 0.1) is 11.3 Å². The standard InChI is InChI=1S/C23H31N7O/c1-15(2)23(3,31)7-10-30(11-8-24)22-20-16(14-29(4)28-20)12-19(27-22)18-13-26-21-17(18)6-5-9-25-21/h5-6,9,12-15,31H,7-8,10-11,24H2,1-4H3,(H,25,26)/t23-/m0/s1. The molecule has 4 N–H and O–H groups in total.